The van der Waals surface area contributed by atoms with Crippen molar-refractivity contribution in [3.05, 3.63) is 23.5 Å². The summed E-state index contributed by atoms with van der Waals surface area (Å²) in [5.74, 6) is -0.366. The highest BCUT2D eigenvalue weighted by molar-refractivity contribution is 5.87. The second-order valence-electron chi connectivity index (χ2n) is 3.71. The third kappa shape index (κ3) is 3.67. The zero-order chi connectivity index (χ0) is 12.0. The highest BCUT2D eigenvalue weighted by Crippen LogP contribution is 2.05. The first-order valence-electron chi connectivity index (χ1n) is 5.27. The molecular formula is C11H18N2O3. The van der Waals surface area contributed by atoms with Gasteiger partial charge in [-0.25, -0.2) is 4.79 Å². The summed E-state index contributed by atoms with van der Waals surface area (Å²) in [7, 11) is 1.35. The van der Waals surface area contributed by atoms with E-state index in [9.17, 15) is 4.79 Å². The summed E-state index contributed by atoms with van der Waals surface area (Å²) in [5, 5.41) is 12.0. The van der Waals surface area contributed by atoms with Crippen molar-refractivity contribution in [1.82, 2.24) is 10.3 Å². The van der Waals surface area contributed by atoms with Gasteiger partial charge in [-0.05, 0) is 25.0 Å². The van der Waals surface area contributed by atoms with Crippen LogP contribution in [0.4, 0.5) is 0 Å². The van der Waals surface area contributed by atoms with E-state index < -0.39 is 0 Å². The van der Waals surface area contributed by atoms with Crippen LogP contribution in [0.25, 0.3) is 0 Å². The maximum Gasteiger partial charge on any atom is 0.354 e. The van der Waals surface area contributed by atoms with Crippen molar-refractivity contribution < 1.29 is 14.6 Å². The number of carbonyl (C=O) groups is 1. The minimum atomic E-state index is -0.366. The van der Waals surface area contributed by atoms with E-state index in [0.29, 0.717) is 18.7 Å². The maximum absolute atomic E-state index is 11.2. The molecule has 0 saturated heterocycles. The van der Waals surface area contributed by atoms with Gasteiger partial charge in [0, 0.05) is 25.4 Å². The molecule has 0 aliphatic heterocycles. The van der Waals surface area contributed by atoms with Crippen LogP contribution in [-0.4, -0.2) is 35.8 Å². The van der Waals surface area contributed by atoms with Crippen LogP contribution in [0.15, 0.2) is 12.3 Å². The number of rotatable bonds is 6. The predicted octanol–water partition coefficient (Wildman–Crippen LogP) is 0.662. The third-order valence-corrected chi connectivity index (χ3v) is 2.36. The molecule has 0 aliphatic rings. The van der Waals surface area contributed by atoms with E-state index in [1.54, 1.807) is 12.3 Å². The summed E-state index contributed by atoms with van der Waals surface area (Å²) < 4.78 is 4.59. The van der Waals surface area contributed by atoms with Gasteiger partial charge in [-0.15, -0.1) is 0 Å². The third-order valence-electron chi connectivity index (χ3n) is 2.36. The number of hydrogen-bond acceptors (Lipinski definition) is 4. The van der Waals surface area contributed by atoms with E-state index in [1.807, 2.05) is 6.92 Å². The Morgan fingerprint density at radius 2 is 2.44 bits per heavy atom. The van der Waals surface area contributed by atoms with Crippen molar-refractivity contribution in [2.24, 2.45) is 0 Å². The SMILES string of the molecule is COC(=O)c1cc(CN[C@H](C)CCO)c[nH]1. The zero-order valence-corrected chi connectivity index (χ0v) is 9.62. The van der Waals surface area contributed by atoms with Gasteiger partial charge in [0.1, 0.15) is 5.69 Å². The van der Waals surface area contributed by atoms with E-state index in [-0.39, 0.29) is 18.6 Å². The van der Waals surface area contributed by atoms with Crippen LogP contribution >= 0.6 is 0 Å². The van der Waals surface area contributed by atoms with E-state index >= 15 is 0 Å². The maximum atomic E-state index is 11.2. The first-order chi connectivity index (χ1) is 7.67. The van der Waals surface area contributed by atoms with Crippen LogP contribution in [0.3, 0.4) is 0 Å². The first-order valence-corrected chi connectivity index (χ1v) is 5.27. The van der Waals surface area contributed by atoms with Crippen molar-refractivity contribution in [2.75, 3.05) is 13.7 Å². The molecule has 90 valence electrons. The zero-order valence-electron chi connectivity index (χ0n) is 9.62. The van der Waals surface area contributed by atoms with Gasteiger partial charge in [-0.1, -0.05) is 0 Å². The second-order valence-corrected chi connectivity index (χ2v) is 3.71. The van der Waals surface area contributed by atoms with Crippen LogP contribution in [0, 0.1) is 0 Å². The number of nitrogens with one attached hydrogen (secondary N) is 2. The van der Waals surface area contributed by atoms with Gasteiger partial charge >= 0.3 is 5.97 Å². The van der Waals surface area contributed by atoms with Crippen LogP contribution in [0.1, 0.15) is 29.4 Å². The molecule has 5 heteroatoms. The number of aromatic nitrogens is 1. The van der Waals surface area contributed by atoms with Gasteiger partial charge in [0.25, 0.3) is 0 Å². The predicted molar refractivity (Wildman–Crippen MR) is 60.1 cm³/mol. The monoisotopic (exact) mass is 226 g/mol. The van der Waals surface area contributed by atoms with Gasteiger partial charge in [0.15, 0.2) is 0 Å². The van der Waals surface area contributed by atoms with Gasteiger partial charge in [0.05, 0.1) is 7.11 Å². The number of aliphatic hydroxyl groups excluding tert-OH is 1. The molecule has 3 N–H and O–H groups in total. The van der Waals surface area contributed by atoms with Crippen LogP contribution in [0.5, 0.6) is 0 Å². The van der Waals surface area contributed by atoms with Gasteiger partial charge in [0.2, 0.25) is 0 Å². The van der Waals surface area contributed by atoms with Crippen molar-refractivity contribution in [3.63, 3.8) is 0 Å². The number of hydrogen-bond donors (Lipinski definition) is 3. The molecule has 0 aromatic carbocycles. The smallest absolute Gasteiger partial charge is 0.354 e. The van der Waals surface area contributed by atoms with Gasteiger partial charge in [-0.3, -0.25) is 0 Å². The van der Waals surface area contributed by atoms with Crippen molar-refractivity contribution in [3.8, 4) is 0 Å². The standard InChI is InChI=1S/C11H18N2O3/c1-8(3-4-14)12-6-9-5-10(13-7-9)11(15)16-2/h5,7-8,12-14H,3-4,6H2,1-2H3/t8-/m1/s1. The molecule has 0 bridgehead atoms. The fourth-order valence-electron chi connectivity index (χ4n) is 1.36. The number of ether oxygens (including phenoxy) is 1. The molecule has 0 aliphatic carbocycles. The van der Waals surface area contributed by atoms with E-state index in [1.165, 1.54) is 7.11 Å². The van der Waals surface area contributed by atoms with Crippen LogP contribution in [0.2, 0.25) is 0 Å². The summed E-state index contributed by atoms with van der Waals surface area (Å²) in [6, 6.07) is 2.01. The highest BCUT2D eigenvalue weighted by Gasteiger charge is 2.08. The molecule has 5 nitrogen and oxygen atoms in total. The molecule has 0 amide bonds. The van der Waals surface area contributed by atoms with Crippen molar-refractivity contribution in [1.29, 1.82) is 0 Å². The summed E-state index contributed by atoms with van der Waals surface area (Å²) in [6.45, 7) is 2.84. The number of esters is 1. The molecule has 0 fully saturated rings. The van der Waals surface area contributed by atoms with Crippen molar-refractivity contribution >= 4 is 5.97 Å². The van der Waals surface area contributed by atoms with Crippen LogP contribution in [-0.2, 0) is 11.3 Å². The fourth-order valence-corrected chi connectivity index (χ4v) is 1.36. The molecule has 1 aromatic rings. The Morgan fingerprint density at radius 3 is 3.06 bits per heavy atom. The Bertz CT molecular complexity index is 336. The molecule has 1 rings (SSSR count). The molecule has 1 aromatic heterocycles. The summed E-state index contributed by atoms with van der Waals surface area (Å²) >= 11 is 0. The van der Waals surface area contributed by atoms with E-state index in [4.69, 9.17) is 5.11 Å². The molecule has 1 atom stereocenters. The topological polar surface area (TPSA) is 74.3 Å². The Morgan fingerprint density at radius 1 is 1.69 bits per heavy atom. The quantitative estimate of drug-likeness (QED) is 0.623. The molecule has 0 unspecified atom stereocenters. The Hall–Kier alpha value is -1.33. The first kappa shape index (κ1) is 12.7. The molecule has 1 heterocycles. The van der Waals surface area contributed by atoms with Crippen molar-refractivity contribution in [2.45, 2.75) is 25.9 Å². The van der Waals surface area contributed by atoms with Gasteiger partial charge < -0.3 is 20.1 Å². The summed E-state index contributed by atoms with van der Waals surface area (Å²) in [4.78, 5) is 14.0. The molecule has 0 saturated carbocycles. The average molecular weight is 226 g/mol. The molecular weight excluding hydrogens is 208 g/mol. The number of methoxy groups -OCH3 is 1. The largest absolute Gasteiger partial charge is 0.464 e. The second kappa shape index (κ2) is 6.30. The fraction of sp³-hybridized carbons (Fsp3) is 0.545. The highest BCUT2D eigenvalue weighted by atomic mass is 16.5. The molecule has 16 heavy (non-hydrogen) atoms. The molecule has 0 spiro atoms. The Balaban J connectivity index is 2.43. The minimum absolute atomic E-state index is 0.175. The lowest BCUT2D eigenvalue weighted by Gasteiger charge is -2.10. The van der Waals surface area contributed by atoms with E-state index in [0.717, 1.165) is 5.56 Å². The number of aromatic amines is 1. The Labute approximate surface area is 94.8 Å². The number of carbonyl (C=O) groups excluding carboxylic acids is 1. The molecule has 0 radical (unpaired) electrons. The lowest BCUT2D eigenvalue weighted by Crippen LogP contribution is -2.26. The number of H-pyrrole nitrogens is 1. The van der Waals surface area contributed by atoms with E-state index in [2.05, 4.69) is 15.0 Å². The number of aliphatic hydroxyl groups is 1. The normalized spacial score (nSPS) is 12.4. The van der Waals surface area contributed by atoms with Gasteiger partial charge in [-0.2, -0.15) is 0 Å². The lowest BCUT2D eigenvalue weighted by atomic mass is 10.2. The lowest BCUT2D eigenvalue weighted by molar-refractivity contribution is 0.0595. The minimum Gasteiger partial charge on any atom is -0.464 e. The summed E-state index contributed by atoms with van der Waals surface area (Å²) in [6.07, 6.45) is 2.49. The Kier molecular flexibility index (Phi) is 5.01. The average Bonchev–Trinajstić information content (AvgIpc) is 2.74. The summed E-state index contributed by atoms with van der Waals surface area (Å²) in [5.41, 5.74) is 1.44. The van der Waals surface area contributed by atoms with Crippen LogP contribution < -0.4 is 5.32 Å².